The zero-order valence-corrected chi connectivity index (χ0v) is 15.2. The molecule has 2 aromatic carbocycles. The van der Waals surface area contributed by atoms with Gasteiger partial charge in [-0.05, 0) is 49.6 Å². The molecule has 5 heteroatoms. The molecule has 3 aromatic rings. The van der Waals surface area contributed by atoms with Gasteiger partial charge in [-0.1, -0.05) is 35.9 Å². The topological polar surface area (TPSA) is 71.2 Å². The van der Waals surface area contributed by atoms with Crippen LogP contribution in [0.1, 0.15) is 32.7 Å². The number of hydrogen-bond acceptors (Lipinski definition) is 3. The zero-order valence-electron chi connectivity index (χ0n) is 15.2. The minimum atomic E-state index is -0.538. The molecule has 1 heterocycles. The number of aromatic amines is 1. The summed E-state index contributed by atoms with van der Waals surface area (Å²) in [5.74, 6) is -0.870. The molecule has 0 radical (unpaired) electrons. The van der Waals surface area contributed by atoms with E-state index in [9.17, 15) is 9.59 Å². The molecule has 1 amide bonds. The number of nitrogens with one attached hydrogen (secondary N) is 2. The van der Waals surface area contributed by atoms with E-state index in [2.05, 4.69) is 16.4 Å². The molecule has 0 saturated carbocycles. The SMILES string of the molecule is Cc1ccc(CNC(=O)COC(=O)c2cc3c(C)cc(C)cc3[nH]2)cc1. The molecule has 0 unspecified atom stereocenters. The third-order valence-electron chi connectivity index (χ3n) is 4.25. The Labute approximate surface area is 152 Å². The van der Waals surface area contributed by atoms with E-state index >= 15 is 0 Å². The summed E-state index contributed by atoms with van der Waals surface area (Å²) < 4.78 is 5.11. The van der Waals surface area contributed by atoms with Gasteiger partial charge in [0.1, 0.15) is 5.69 Å². The quantitative estimate of drug-likeness (QED) is 0.691. The third-order valence-corrected chi connectivity index (χ3v) is 4.25. The molecule has 5 nitrogen and oxygen atoms in total. The number of aryl methyl sites for hydroxylation is 3. The number of aromatic nitrogens is 1. The molecule has 0 fully saturated rings. The molecular formula is C21H22N2O3. The molecule has 3 rings (SSSR count). The van der Waals surface area contributed by atoms with Gasteiger partial charge in [-0.15, -0.1) is 0 Å². The number of hydrogen-bond donors (Lipinski definition) is 2. The van der Waals surface area contributed by atoms with E-state index in [1.807, 2.05) is 51.1 Å². The Morgan fingerprint density at radius 3 is 2.46 bits per heavy atom. The second-order valence-corrected chi connectivity index (χ2v) is 6.56. The first kappa shape index (κ1) is 17.7. The predicted octanol–water partition coefficient (Wildman–Crippen LogP) is 3.57. The van der Waals surface area contributed by atoms with Crippen LogP contribution in [0.4, 0.5) is 0 Å². The van der Waals surface area contributed by atoms with Crippen molar-refractivity contribution in [1.82, 2.24) is 10.3 Å². The molecule has 134 valence electrons. The number of benzene rings is 2. The Kier molecular flexibility index (Phi) is 5.07. The number of carbonyl (C=O) groups is 2. The van der Waals surface area contributed by atoms with E-state index in [-0.39, 0.29) is 12.5 Å². The Bertz CT molecular complexity index is 955. The van der Waals surface area contributed by atoms with Gasteiger partial charge >= 0.3 is 5.97 Å². The summed E-state index contributed by atoms with van der Waals surface area (Å²) in [5, 5.41) is 3.72. The van der Waals surface area contributed by atoms with Crippen molar-refractivity contribution in [2.24, 2.45) is 0 Å². The first-order valence-corrected chi connectivity index (χ1v) is 8.52. The maximum Gasteiger partial charge on any atom is 0.355 e. The van der Waals surface area contributed by atoms with Crippen LogP contribution < -0.4 is 5.32 Å². The van der Waals surface area contributed by atoms with Crippen LogP contribution in [0.15, 0.2) is 42.5 Å². The number of rotatable bonds is 5. The van der Waals surface area contributed by atoms with Gasteiger partial charge in [0.25, 0.3) is 5.91 Å². The number of H-pyrrole nitrogens is 1. The summed E-state index contributed by atoms with van der Waals surface area (Å²) in [6.45, 7) is 6.11. The summed E-state index contributed by atoms with van der Waals surface area (Å²) in [5.41, 5.74) is 5.60. The molecule has 26 heavy (non-hydrogen) atoms. The lowest BCUT2D eigenvalue weighted by Crippen LogP contribution is -2.28. The van der Waals surface area contributed by atoms with Crippen LogP contribution in [0.25, 0.3) is 10.9 Å². The van der Waals surface area contributed by atoms with E-state index in [1.165, 1.54) is 0 Å². The number of fused-ring (bicyclic) bond motifs is 1. The van der Waals surface area contributed by atoms with Gasteiger partial charge < -0.3 is 15.0 Å². The summed E-state index contributed by atoms with van der Waals surface area (Å²) in [6.07, 6.45) is 0. The lowest BCUT2D eigenvalue weighted by atomic mass is 10.1. The molecule has 0 bridgehead atoms. The van der Waals surface area contributed by atoms with Crippen LogP contribution >= 0.6 is 0 Å². The molecule has 0 aliphatic carbocycles. The lowest BCUT2D eigenvalue weighted by Gasteiger charge is -2.06. The molecular weight excluding hydrogens is 328 g/mol. The van der Waals surface area contributed by atoms with E-state index in [1.54, 1.807) is 6.07 Å². The highest BCUT2D eigenvalue weighted by Crippen LogP contribution is 2.21. The minimum Gasteiger partial charge on any atom is -0.451 e. The smallest absolute Gasteiger partial charge is 0.355 e. The highest BCUT2D eigenvalue weighted by Gasteiger charge is 2.14. The van der Waals surface area contributed by atoms with Crippen LogP contribution in [-0.4, -0.2) is 23.5 Å². The van der Waals surface area contributed by atoms with Crippen molar-refractivity contribution in [2.75, 3.05) is 6.61 Å². The second kappa shape index (κ2) is 7.44. The van der Waals surface area contributed by atoms with Crippen molar-refractivity contribution in [3.05, 3.63) is 70.4 Å². The summed E-state index contributed by atoms with van der Waals surface area (Å²) >= 11 is 0. The average Bonchev–Trinajstić information content (AvgIpc) is 3.03. The molecule has 0 aliphatic heterocycles. The monoisotopic (exact) mass is 350 g/mol. The highest BCUT2D eigenvalue weighted by molar-refractivity contribution is 5.96. The number of carbonyl (C=O) groups excluding carboxylic acids is 2. The Balaban J connectivity index is 1.55. The normalized spacial score (nSPS) is 10.7. The molecule has 0 atom stereocenters. The van der Waals surface area contributed by atoms with Crippen molar-refractivity contribution in [1.29, 1.82) is 0 Å². The fraction of sp³-hybridized carbons (Fsp3) is 0.238. The molecule has 0 saturated heterocycles. The Morgan fingerprint density at radius 1 is 1.00 bits per heavy atom. The van der Waals surface area contributed by atoms with Gasteiger partial charge in [-0.2, -0.15) is 0 Å². The highest BCUT2D eigenvalue weighted by atomic mass is 16.5. The van der Waals surface area contributed by atoms with E-state index < -0.39 is 5.97 Å². The van der Waals surface area contributed by atoms with Gasteiger partial charge in [0.15, 0.2) is 6.61 Å². The molecule has 2 N–H and O–H groups in total. The number of esters is 1. The second-order valence-electron chi connectivity index (χ2n) is 6.56. The molecule has 1 aromatic heterocycles. The van der Waals surface area contributed by atoms with E-state index in [4.69, 9.17) is 4.74 Å². The minimum absolute atomic E-state index is 0.307. The Hall–Kier alpha value is -3.08. The maximum absolute atomic E-state index is 12.2. The predicted molar refractivity (Wildman–Crippen MR) is 101 cm³/mol. The average molecular weight is 350 g/mol. The lowest BCUT2D eigenvalue weighted by molar-refractivity contribution is -0.124. The Morgan fingerprint density at radius 2 is 1.73 bits per heavy atom. The first-order valence-electron chi connectivity index (χ1n) is 8.52. The largest absolute Gasteiger partial charge is 0.451 e. The van der Waals surface area contributed by atoms with Crippen LogP contribution in [0, 0.1) is 20.8 Å². The number of ether oxygens (including phenoxy) is 1. The van der Waals surface area contributed by atoms with Gasteiger partial charge in [0.2, 0.25) is 0 Å². The van der Waals surface area contributed by atoms with Crippen LogP contribution in [0.5, 0.6) is 0 Å². The van der Waals surface area contributed by atoms with Gasteiger partial charge in [0.05, 0.1) is 0 Å². The van der Waals surface area contributed by atoms with Crippen molar-refractivity contribution in [3.63, 3.8) is 0 Å². The van der Waals surface area contributed by atoms with E-state index in [0.29, 0.717) is 12.2 Å². The van der Waals surface area contributed by atoms with Gasteiger partial charge in [0, 0.05) is 17.4 Å². The fourth-order valence-corrected chi connectivity index (χ4v) is 2.88. The van der Waals surface area contributed by atoms with Crippen molar-refractivity contribution < 1.29 is 14.3 Å². The standard InChI is InChI=1S/C21H22N2O3/c1-13-4-6-16(7-5-13)11-22-20(24)12-26-21(25)19-10-17-15(3)8-14(2)9-18(17)23-19/h4-10,23H,11-12H2,1-3H3,(H,22,24). The third kappa shape index (κ3) is 4.11. The maximum atomic E-state index is 12.2. The summed E-state index contributed by atoms with van der Waals surface area (Å²) in [7, 11) is 0. The molecule has 0 aliphatic rings. The van der Waals surface area contributed by atoms with Crippen molar-refractivity contribution >= 4 is 22.8 Å². The summed E-state index contributed by atoms with van der Waals surface area (Å²) in [4.78, 5) is 27.1. The summed E-state index contributed by atoms with van der Waals surface area (Å²) in [6, 6.07) is 13.7. The van der Waals surface area contributed by atoms with E-state index in [0.717, 1.165) is 33.2 Å². The fourth-order valence-electron chi connectivity index (χ4n) is 2.88. The molecule has 0 spiro atoms. The van der Waals surface area contributed by atoms with Crippen molar-refractivity contribution in [3.8, 4) is 0 Å². The zero-order chi connectivity index (χ0) is 18.7. The number of amides is 1. The van der Waals surface area contributed by atoms with Crippen LogP contribution in [0.3, 0.4) is 0 Å². The van der Waals surface area contributed by atoms with Crippen LogP contribution in [-0.2, 0) is 16.1 Å². The van der Waals surface area contributed by atoms with Crippen LogP contribution in [0.2, 0.25) is 0 Å². The van der Waals surface area contributed by atoms with Crippen molar-refractivity contribution in [2.45, 2.75) is 27.3 Å². The van der Waals surface area contributed by atoms with Gasteiger partial charge in [-0.25, -0.2) is 4.79 Å². The van der Waals surface area contributed by atoms with Gasteiger partial charge in [-0.3, -0.25) is 4.79 Å². The first-order chi connectivity index (χ1) is 12.4.